The average Bonchev–Trinajstić information content (AvgIpc) is 2.61. The van der Waals surface area contributed by atoms with E-state index in [4.69, 9.17) is 0 Å². The lowest BCUT2D eigenvalue weighted by atomic mass is 10.2. The molecule has 1 aromatic rings. The first-order valence-corrected chi connectivity index (χ1v) is 6.00. The lowest BCUT2D eigenvalue weighted by Gasteiger charge is -2.15. The van der Waals surface area contributed by atoms with Gasteiger partial charge in [-0.25, -0.2) is 0 Å². The number of hydrogen-bond acceptors (Lipinski definition) is 3. The maximum Gasteiger partial charge on any atom is 0.223 e. The van der Waals surface area contributed by atoms with Crippen LogP contribution in [-0.2, 0) is 11.3 Å². The maximum atomic E-state index is 11.6. The summed E-state index contributed by atoms with van der Waals surface area (Å²) in [4.78, 5) is 21.6. The van der Waals surface area contributed by atoms with Crippen LogP contribution in [0.5, 0.6) is 0 Å². The lowest BCUT2D eigenvalue weighted by molar-refractivity contribution is -0.128. The third kappa shape index (κ3) is 2.53. The van der Waals surface area contributed by atoms with Crippen molar-refractivity contribution in [1.82, 2.24) is 14.9 Å². The van der Waals surface area contributed by atoms with Crippen molar-refractivity contribution in [2.24, 2.45) is 5.92 Å². The number of hydrogen-bond donors (Lipinski definition) is 0. The molecule has 4 nitrogen and oxygen atoms in total. The van der Waals surface area contributed by atoms with Crippen molar-refractivity contribution in [1.29, 1.82) is 0 Å². The highest BCUT2D eigenvalue weighted by Crippen LogP contribution is 2.20. The fraction of sp³-hybridized carbons (Fsp3) is 0.500. The molecule has 1 aromatic heterocycles. The Labute approximate surface area is 96.8 Å². The molecule has 5 heteroatoms. The van der Waals surface area contributed by atoms with E-state index in [2.05, 4.69) is 25.9 Å². The Morgan fingerprint density at radius 2 is 2.40 bits per heavy atom. The number of rotatable bonds is 3. The summed E-state index contributed by atoms with van der Waals surface area (Å²) >= 11 is 3.41. The SMILES string of the molecule is O=C1CC(CBr)CN1Cc1cnccn1. The smallest absolute Gasteiger partial charge is 0.223 e. The van der Waals surface area contributed by atoms with E-state index in [1.54, 1.807) is 18.6 Å². The second-order valence-corrected chi connectivity index (χ2v) is 4.34. The van der Waals surface area contributed by atoms with Gasteiger partial charge in [-0.05, 0) is 5.92 Å². The Kier molecular flexibility index (Phi) is 3.30. The number of carbonyl (C=O) groups excluding carboxylic acids is 1. The molecule has 1 aliphatic rings. The monoisotopic (exact) mass is 269 g/mol. The van der Waals surface area contributed by atoms with Crippen molar-refractivity contribution >= 4 is 21.8 Å². The van der Waals surface area contributed by atoms with Crippen molar-refractivity contribution < 1.29 is 4.79 Å². The molecule has 1 fully saturated rings. The van der Waals surface area contributed by atoms with Crippen LogP contribution in [0.2, 0.25) is 0 Å². The molecule has 2 rings (SSSR count). The molecule has 0 radical (unpaired) electrons. The molecule has 1 amide bonds. The molecule has 0 N–H and O–H groups in total. The van der Waals surface area contributed by atoms with E-state index >= 15 is 0 Å². The summed E-state index contributed by atoms with van der Waals surface area (Å²) in [6.45, 7) is 1.40. The summed E-state index contributed by atoms with van der Waals surface area (Å²) in [6, 6.07) is 0. The molecular weight excluding hydrogens is 258 g/mol. The zero-order valence-electron chi connectivity index (χ0n) is 8.27. The number of likely N-dealkylation sites (tertiary alicyclic amines) is 1. The first kappa shape index (κ1) is 10.5. The molecular formula is C10H12BrN3O. The summed E-state index contributed by atoms with van der Waals surface area (Å²) in [5.41, 5.74) is 0.848. The number of nitrogens with zero attached hydrogens (tertiary/aromatic N) is 3. The quantitative estimate of drug-likeness (QED) is 0.776. The summed E-state index contributed by atoms with van der Waals surface area (Å²) in [5, 5.41) is 0.885. The Morgan fingerprint density at radius 3 is 3.00 bits per heavy atom. The third-order valence-electron chi connectivity index (χ3n) is 2.48. The highest BCUT2D eigenvalue weighted by Gasteiger charge is 2.28. The summed E-state index contributed by atoms with van der Waals surface area (Å²) in [7, 11) is 0. The van der Waals surface area contributed by atoms with E-state index in [1.165, 1.54) is 0 Å². The van der Waals surface area contributed by atoms with Crippen molar-refractivity contribution in [3.05, 3.63) is 24.3 Å². The molecule has 0 bridgehead atoms. The second-order valence-electron chi connectivity index (χ2n) is 3.70. The van der Waals surface area contributed by atoms with Gasteiger partial charge < -0.3 is 4.90 Å². The Hall–Kier alpha value is -0.970. The topological polar surface area (TPSA) is 46.1 Å². The molecule has 15 heavy (non-hydrogen) atoms. The van der Waals surface area contributed by atoms with E-state index in [0.29, 0.717) is 18.9 Å². The molecule has 1 atom stereocenters. The Balaban J connectivity index is 1.99. The summed E-state index contributed by atoms with van der Waals surface area (Å²) in [5.74, 6) is 0.652. The first-order chi connectivity index (χ1) is 7.29. The van der Waals surface area contributed by atoms with E-state index in [0.717, 1.165) is 17.6 Å². The molecule has 1 saturated heterocycles. The standard InChI is InChI=1S/C10H12BrN3O/c11-4-8-3-10(15)14(6-8)7-9-5-12-1-2-13-9/h1-2,5,8H,3-4,6-7H2. The van der Waals surface area contributed by atoms with Gasteiger partial charge in [0.05, 0.1) is 18.4 Å². The molecule has 0 spiro atoms. The number of alkyl halides is 1. The third-order valence-corrected chi connectivity index (χ3v) is 3.40. The van der Waals surface area contributed by atoms with Gasteiger partial charge in [0.2, 0.25) is 5.91 Å². The second kappa shape index (κ2) is 4.70. The Bertz CT molecular complexity index is 344. The predicted molar refractivity (Wildman–Crippen MR) is 59.4 cm³/mol. The van der Waals surface area contributed by atoms with Gasteiger partial charge in [0.1, 0.15) is 0 Å². The van der Waals surface area contributed by atoms with Crippen LogP contribution in [0.3, 0.4) is 0 Å². The minimum Gasteiger partial charge on any atom is -0.336 e. The zero-order valence-corrected chi connectivity index (χ0v) is 9.85. The number of amides is 1. The van der Waals surface area contributed by atoms with Crippen molar-refractivity contribution in [3.8, 4) is 0 Å². The highest BCUT2D eigenvalue weighted by atomic mass is 79.9. The molecule has 1 aliphatic heterocycles. The van der Waals surface area contributed by atoms with Gasteiger partial charge in [-0.1, -0.05) is 15.9 Å². The lowest BCUT2D eigenvalue weighted by Crippen LogP contribution is -2.25. The van der Waals surface area contributed by atoms with Gasteiger partial charge in [0, 0.05) is 30.7 Å². The maximum absolute atomic E-state index is 11.6. The van der Waals surface area contributed by atoms with Crippen LogP contribution in [-0.4, -0.2) is 32.6 Å². The largest absolute Gasteiger partial charge is 0.336 e. The van der Waals surface area contributed by atoms with Crippen molar-refractivity contribution in [2.75, 3.05) is 11.9 Å². The van der Waals surface area contributed by atoms with E-state index < -0.39 is 0 Å². The van der Waals surface area contributed by atoms with E-state index in [1.807, 2.05) is 4.90 Å². The van der Waals surface area contributed by atoms with Gasteiger partial charge in [-0.2, -0.15) is 0 Å². The van der Waals surface area contributed by atoms with Gasteiger partial charge in [-0.3, -0.25) is 14.8 Å². The number of carbonyl (C=O) groups is 1. The average molecular weight is 270 g/mol. The minimum absolute atomic E-state index is 0.213. The van der Waals surface area contributed by atoms with Crippen LogP contribution in [0.25, 0.3) is 0 Å². The van der Waals surface area contributed by atoms with Crippen LogP contribution in [0, 0.1) is 5.92 Å². The van der Waals surface area contributed by atoms with Crippen LogP contribution in [0.4, 0.5) is 0 Å². The minimum atomic E-state index is 0.213. The van der Waals surface area contributed by atoms with E-state index in [9.17, 15) is 4.79 Å². The summed E-state index contributed by atoms with van der Waals surface area (Å²) in [6.07, 6.45) is 5.63. The zero-order chi connectivity index (χ0) is 10.7. The number of aromatic nitrogens is 2. The molecule has 80 valence electrons. The fourth-order valence-corrected chi connectivity index (χ4v) is 2.15. The molecule has 0 aliphatic carbocycles. The normalized spacial score (nSPS) is 21.0. The summed E-state index contributed by atoms with van der Waals surface area (Å²) < 4.78 is 0. The van der Waals surface area contributed by atoms with Crippen LogP contribution < -0.4 is 0 Å². The first-order valence-electron chi connectivity index (χ1n) is 4.88. The van der Waals surface area contributed by atoms with Gasteiger partial charge >= 0.3 is 0 Å². The van der Waals surface area contributed by atoms with Gasteiger partial charge in [0.25, 0.3) is 0 Å². The molecule has 0 aromatic carbocycles. The molecule has 0 saturated carbocycles. The van der Waals surface area contributed by atoms with Crippen LogP contribution in [0.1, 0.15) is 12.1 Å². The molecule has 2 heterocycles. The van der Waals surface area contributed by atoms with Gasteiger partial charge in [0.15, 0.2) is 0 Å². The fourth-order valence-electron chi connectivity index (χ4n) is 1.72. The van der Waals surface area contributed by atoms with Crippen molar-refractivity contribution in [3.63, 3.8) is 0 Å². The van der Waals surface area contributed by atoms with Crippen LogP contribution >= 0.6 is 15.9 Å². The van der Waals surface area contributed by atoms with Crippen molar-refractivity contribution in [2.45, 2.75) is 13.0 Å². The Morgan fingerprint density at radius 1 is 1.53 bits per heavy atom. The van der Waals surface area contributed by atoms with Gasteiger partial charge in [-0.15, -0.1) is 0 Å². The van der Waals surface area contributed by atoms with E-state index in [-0.39, 0.29) is 5.91 Å². The number of halogens is 1. The highest BCUT2D eigenvalue weighted by molar-refractivity contribution is 9.09. The molecule has 1 unspecified atom stereocenters. The predicted octanol–water partition coefficient (Wildman–Crippen LogP) is 1.22. The van der Waals surface area contributed by atoms with Crippen LogP contribution in [0.15, 0.2) is 18.6 Å².